The van der Waals surface area contributed by atoms with Crippen molar-refractivity contribution in [3.63, 3.8) is 0 Å². The van der Waals surface area contributed by atoms with Gasteiger partial charge in [-0.3, -0.25) is 9.89 Å². The second-order valence-electron chi connectivity index (χ2n) is 4.71. The number of halogens is 1. The fourth-order valence-electron chi connectivity index (χ4n) is 2.23. The molecule has 0 fully saturated rings. The SMILES string of the molecule is CC(NC(=O)c1ccc(F)c2ccccc12)c1ncn[nH]1. The molecule has 6 heteroatoms. The Morgan fingerprint density at radius 2 is 2.00 bits per heavy atom. The Morgan fingerprint density at radius 3 is 2.71 bits per heavy atom. The van der Waals surface area contributed by atoms with E-state index >= 15 is 0 Å². The van der Waals surface area contributed by atoms with Crippen LogP contribution in [-0.4, -0.2) is 21.1 Å². The number of rotatable bonds is 3. The topological polar surface area (TPSA) is 70.7 Å². The number of fused-ring (bicyclic) bond motifs is 1. The number of hydrogen-bond acceptors (Lipinski definition) is 3. The molecule has 3 aromatic rings. The minimum Gasteiger partial charge on any atom is -0.342 e. The van der Waals surface area contributed by atoms with E-state index in [1.807, 2.05) is 0 Å². The maximum atomic E-state index is 13.8. The van der Waals surface area contributed by atoms with Crippen molar-refractivity contribution < 1.29 is 9.18 Å². The van der Waals surface area contributed by atoms with Crippen molar-refractivity contribution in [2.24, 2.45) is 0 Å². The van der Waals surface area contributed by atoms with E-state index < -0.39 is 0 Å². The lowest BCUT2D eigenvalue weighted by Crippen LogP contribution is -2.27. The number of nitrogens with one attached hydrogen (secondary N) is 2. The van der Waals surface area contributed by atoms with Gasteiger partial charge in [0.1, 0.15) is 18.0 Å². The lowest BCUT2D eigenvalue weighted by atomic mass is 10.0. The molecule has 0 saturated carbocycles. The maximum absolute atomic E-state index is 13.8. The van der Waals surface area contributed by atoms with Crippen LogP contribution >= 0.6 is 0 Å². The number of H-pyrrole nitrogens is 1. The van der Waals surface area contributed by atoms with Crippen molar-refractivity contribution in [2.45, 2.75) is 13.0 Å². The summed E-state index contributed by atoms with van der Waals surface area (Å²) in [6.45, 7) is 1.80. The van der Waals surface area contributed by atoms with Gasteiger partial charge in [0, 0.05) is 10.9 Å². The number of aromatic nitrogens is 3. The van der Waals surface area contributed by atoms with Crippen LogP contribution in [0.1, 0.15) is 29.1 Å². The Bertz CT molecular complexity index is 785. The molecule has 2 N–H and O–H groups in total. The van der Waals surface area contributed by atoms with Crippen LogP contribution in [0, 0.1) is 5.82 Å². The molecular formula is C15H13FN4O. The highest BCUT2D eigenvalue weighted by molar-refractivity contribution is 6.07. The van der Waals surface area contributed by atoms with Crippen molar-refractivity contribution in [1.29, 1.82) is 0 Å². The van der Waals surface area contributed by atoms with Gasteiger partial charge in [-0.15, -0.1) is 0 Å². The molecule has 5 nitrogen and oxygen atoms in total. The Kier molecular flexibility index (Phi) is 3.35. The number of carbonyl (C=O) groups excluding carboxylic acids is 1. The number of benzene rings is 2. The van der Waals surface area contributed by atoms with E-state index in [2.05, 4.69) is 20.5 Å². The summed E-state index contributed by atoms with van der Waals surface area (Å²) in [6, 6.07) is 9.37. The average Bonchev–Trinajstić information content (AvgIpc) is 3.02. The van der Waals surface area contributed by atoms with Crippen LogP contribution in [0.15, 0.2) is 42.7 Å². The third kappa shape index (κ3) is 2.47. The first-order valence-electron chi connectivity index (χ1n) is 6.50. The quantitative estimate of drug-likeness (QED) is 0.776. The zero-order valence-electron chi connectivity index (χ0n) is 11.3. The standard InChI is InChI=1S/C15H13FN4O/c1-9(14-17-8-18-20-14)19-15(21)12-6-7-13(16)11-5-3-2-4-10(11)12/h2-9H,1H3,(H,19,21)(H,17,18,20). The minimum absolute atomic E-state index is 0.282. The van der Waals surface area contributed by atoms with Crippen LogP contribution in [0.5, 0.6) is 0 Å². The zero-order chi connectivity index (χ0) is 14.8. The van der Waals surface area contributed by atoms with E-state index in [1.54, 1.807) is 31.2 Å². The Morgan fingerprint density at radius 1 is 1.24 bits per heavy atom. The molecule has 21 heavy (non-hydrogen) atoms. The highest BCUT2D eigenvalue weighted by Crippen LogP contribution is 2.22. The molecule has 2 aromatic carbocycles. The van der Waals surface area contributed by atoms with E-state index in [4.69, 9.17) is 0 Å². The second-order valence-corrected chi connectivity index (χ2v) is 4.71. The largest absolute Gasteiger partial charge is 0.342 e. The van der Waals surface area contributed by atoms with Gasteiger partial charge in [0.2, 0.25) is 0 Å². The van der Waals surface area contributed by atoms with Gasteiger partial charge in [0.15, 0.2) is 0 Å². The lowest BCUT2D eigenvalue weighted by molar-refractivity contribution is 0.0940. The zero-order valence-corrected chi connectivity index (χ0v) is 11.3. The summed E-state index contributed by atoms with van der Waals surface area (Å²) in [6.07, 6.45) is 1.38. The van der Waals surface area contributed by atoms with Crippen molar-refractivity contribution in [2.75, 3.05) is 0 Å². The molecule has 0 saturated heterocycles. The summed E-state index contributed by atoms with van der Waals surface area (Å²) in [5.41, 5.74) is 0.429. The van der Waals surface area contributed by atoms with Crippen LogP contribution in [0.2, 0.25) is 0 Å². The van der Waals surface area contributed by atoms with Gasteiger partial charge in [-0.25, -0.2) is 9.37 Å². The molecule has 0 bridgehead atoms. The molecule has 0 radical (unpaired) electrons. The number of aromatic amines is 1. The Balaban J connectivity index is 1.93. The molecule has 1 atom stereocenters. The first-order valence-corrected chi connectivity index (χ1v) is 6.50. The number of carbonyl (C=O) groups is 1. The minimum atomic E-state index is -0.342. The monoisotopic (exact) mass is 284 g/mol. The van der Waals surface area contributed by atoms with Crippen LogP contribution in [0.3, 0.4) is 0 Å². The molecule has 0 aliphatic carbocycles. The molecule has 106 valence electrons. The van der Waals surface area contributed by atoms with E-state index in [9.17, 15) is 9.18 Å². The van der Waals surface area contributed by atoms with Gasteiger partial charge in [0.25, 0.3) is 5.91 Å². The highest BCUT2D eigenvalue weighted by atomic mass is 19.1. The molecule has 1 amide bonds. The fraction of sp³-hybridized carbons (Fsp3) is 0.133. The Hall–Kier alpha value is -2.76. The van der Waals surface area contributed by atoms with Crippen LogP contribution < -0.4 is 5.32 Å². The summed E-state index contributed by atoms with van der Waals surface area (Å²) >= 11 is 0. The number of nitrogens with zero attached hydrogens (tertiary/aromatic N) is 2. The van der Waals surface area contributed by atoms with Gasteiger partial charge >= 0.3 is 0 Å². The smallest absolute Gasteiger partial charge is 0.252 e. The van der Waals surface area contributed by atoms with E-state index in [1.165, 1.54) is 18.5 Å². The molecule has 1 heterocycles. The predicted molar refractivity (Wildman–Crippen MR) is 76.2 cm³/mol. The second kappa shape index (κ2) is 5.32. The van der Waals surface area contributed by atoms with Crippen molar-refractivity contribution >= 4 is 16.7 Å². The predicted octanol–water partition coefficient (Wildman–Crippen LogP) is 2.59. The van der Waals surface area contributed by atoms with Crippen LogP contribution in [0.4, 0.5) is 4.39 Å². The molecule has 1 unspecified atom stereocenters. The van der Waals surface area contributed by atoms with Gasteiger partial charge in [-0.1, -0.05) is 24.3 Å². The maximum Gasteiger partial charge on any atom is 0.252 e. The number of hydrogen-bond donors (Lipinski definition) is 2. The van der Waals surface area contributed by atoms with Crippen LogP contribution in [0.25, 0.3) is 10.8 Å². The third-order valence-corrected chi connectivity index (χ3v) is 3.31. The summed E-state index contributed by atoms with van der Waals surface area (Å²) in [5, 5.41) is 10.3. The van der Waals surface area contributed by atoms with Gasteiger partial charge < -0.3 is 5.32 Å². The van der Waals surface area contributed by atoms with Gasteiger partial charge in [0.05, 0.1) is 6.04 Å². The first kappa shape index (κ1) is 13.2. The highest BCUT2D eigenvalue weighted by Gasteiger charge is 2.16. The third-order valence-electron chi connectivity index (χ3n) is 3.31. The van der Waals surface area contributed by atoms with Gasteiger partial charge in [-0.05, 0) is 24.4 Å². The molecule has 1 aromatic heterocycles. The summed E-state index contributed by atoms with van der Waals surface area (Å²) < 4.78 is 13.8. The lowest BCUT2D eigenvalue weighted by Gasteiger charge is -2.12. The molecule has 3 rings (SSSR count). The van der Waals surface area contributed by atoms with Crippen molar-refractivity contribution in [1.82, 2.24) is 20.5 Å². The average molecular weight is 284 g/mol. The molecular weight excluding hydrogens is 271 g/mol. The first-order chi connectivity index (χ1) is 10.2. The molecule has 0 aliphatic heterocycles. The molecule has 0 spiro atoms. The van der Waals surface area contributed by atoms with Crippen molar-refractivity contribution in [3.05, 3.63) is 59.9 Å². The summed E-state index contributed by atoms with van der Waals surface area (Å²) in [5.74, 6) is -0.0599. The van der Waals surface area contributed by atoms with E-state index in [0.717, 1.165) is 0 Å². The summed E-state index contributed by atoms with van der Waals surface area (Å²) in [4.78, 5) is 16.4. The fourth-order valence-corrected chi connectivity index (χ4v) is 2.23. The van der Waals surface area contributed by atoms with Gasteiger partial charge in [-0.2, -0.15) is 5.10 Å². The van der Waals surface area contributed by atoms with E-state index in [-0.39, 0.29) is 17.8 Å². The number of amides is 1. The van der Waals surface area contributed by atoms with E-state index in [0.29, 0.717) is 22.2 Å². The molecule has 0 aliphatic rings. The Labute approximate surface area is 120 Å². The normalized spacial score (nSPS) is 12.3. The van der Waals surface area contributed by atoms with Crippen molar-refractivity contribution in [3.8, 4) is 0 Å². The van der Waals surface area contributed by atoms with Crippen LogP contribution in [-0.2, 0) is 0 Å². The summed E-state index contributed by atoms with van der Waals surface area (Å²) in [7, 11) is 0.